The molecular weight excluding hydrogens is 236 g/mol. The maximum atomic E-state index is 12.1. The first-order valence-corrected chi connectivity index (χ1v) is 6.48. The van der Waals surface area contributed by atoms with E-state index >= 15 is 0 Å². The molecule has 6 nitrogen and oxygen atoms in total. The molecular formula is C12H20N2O4. The van der Waals surface area contributed by atoms with Crippen LogP contribution in [0.4, 0.5) is 4.79 Å². The number of hydrogen-bond donors (Lipinski definition) is 2. The van der Waals surface area contributed by atoms with Crippen LogP contribution in [0.1, 0.15) is 26.2 Å². The van der Waals surface area contributed by atoms with E-state index in [1.165, 1.54) is 0 Å². The fraction of sp³-hybridized carbons (Fsp3) is 0.833. The van der Waals surface area contributed by atoms with E-state index < -0.39 is 5.97 Å². The molecule has 1 saturated carbocycles. The second-order valence-electron chi connectivity index (χ2n) is 4.98. The van der Waals surface area contributed by atoms with Crippen LogP contribution in [0.3, 0.4) is 0 Å². The second kappa shape index (κ2) is 5.56. The van der Waals surface area contributed by atoms with Crippen LogP contribution < -0.4 is 5.32 Å². The molecule has 1 aliphatic heterocycles. The number of hydrogen-bond acceptors (Lipinski definition) is 3. The Bertz CT molecular complexity index is 334. The molecule has 3 atom stereocenters. The first kappa shape index (κ1) is 13.1. The number of urea groups is 1. The molecule has 6 heteroatoms. The van der Waals surface area contributed by atoms with Crippen molar-refractivity contribution in [2.75, 3.05) is 19.8 Å². The summed E-state index contributed by atoms with van der Waals surface area (Å²) in [4.78, 5) is 24.4. The van der Waals surface area contributed by atoms with Crippen LogP contribution in [-0.4, -0.2) is 53.8 Å². The third-order valence-corrected chi connectivity index (χ3v) is 3.65. The van der Waals surface area contributed by atoms with Gasteiger partial charge in [0.1, 0.15) is 0 Å². The van der Waals surface area contributed by atoms with Crippen LogP contribution in [0, 0.1) is 5.92 Å². The van der Waals surface area contributed by atoms with Gasteiger partial charge in [0.2, 0.25) is 0 Å². The van der Waals surface area contributed by atoms with Gasteiger partial charge in [-0.05, 0) is 12.3 Å². The highest BCUT2D eigenvalue weighted by atomic mass is 16.5. The Morgan fingerprint density at radius 3 is 2.89 bits per heavy atom. The fourth-order valence-electron chi connectivity index (χ4n) is 2.41. The zero-order chi connectivity index (χ0) is 13.1. The van der Waals surface area contributed by atoms with Gasteiger partial charge < -0.3 is 20.1 Å². The van der Waals surface area contributed by atoms with Crippen molar-refractivity contribution < 1.29 is 19.4 Å². The molecule has 0 bridgehead atoms. The van der Waals surface area contributed by atoms with Gasteiger partial charge in [0.25, 0.3) is 0 Å². The molecule has 2 aliphatic rings. The highest BCUT2D eigenvalue weighted by Gasteiger charge is 2.39. The van der Waals surface area contributed by atoms with Gasteiger partial charge in [-0.25, -0.2) is 4.79 Å². The molecule has 1 saturated heterocycles. The van der Waals surface area contributed by atoms with Gasteiger partial charge in [0, 0.05) is 12.6 Å². The Balaban J connectivity index is 1.87. The topological polar surface area (TPSA) is 78.9 Å². The number of morpholine rings is 1. The van der Waals surface area contributed by atoms with Crippen LogP contribution in [-0.2, 0) is 9.53 Å². The molecule has 0 aromatic rings. The molecule has 2 N–H and O–H groups in total. The van der Waals surface area contributed by atoms with E-state index in [2.05, 4.69) is 12.2 Å². The summed E-state index contributed by atoms with van der Waals surface area (Å²) in [6.07, 6.45) is 2.05. The summed E-state index contributed by atoms with van der Waals surface area (Å²) in [6, 6.07) is -0.226. The molecule has 18 heavy (non-hydrogen) atoms. The number of amides is 2. The lowest BCUT2D eigenvalue weighted by molar-refractivity contribution is -0.139. The van der Waals surface area contributed by atoms with Crippen molar-refractivity contribution in [2.24, 2.45) is 5.92 Å². The molecule has 0 radical (unpaired) electrons. The first-order valence-electron chi connectivity index (χ1n) is 6.48. The Labute approximate surface area is 106 Å². The number of carboxylic acid groups (broad SMARTS) is 1. The summed E-state index contributed by atoms with van der Waals surface area (Å²) >= 11 is 0. The predicted octanol–water partition coefficient (Wildman–Crippen LogP) is 0.670. The minimum absolute atomic E-state index is 0.0602. The average molecular weight is 256 g/mol. The summed E-state index contributed by atoms with van der Waals surface area (Å²) in [5.74, 6) is -0.311. The highest BCUT2D eigenvalue weighted by Crippen LogP contribution is 2.33. The standard InChI is InChI=1S/C12H20N2O4/c1-2-8-5-10(8)13-12(17)14-3-4-18-7-9(14)6-11(15)16/h8-10H,2-7H2,1H3,(H,13,17)(H,15,16). The number of carbonyl (C=O) groups excluding carboxylic acids is 1. The summed E-state index contributed by atoms with van der Waals surface area (Å²) in [7, 11) is 0. The lowest BCUT2D eigenvalue weighted by Crippen LogP contribution is -2.53. The molecule has 2 amide bonds. The maximum absolute atomic E-state index is 12.1. The Morgan fingerprint density at radius 2 is 2.28 bits per heavy atom. The smallest absolute Gasteiger partial charge is 0.318 e. The van der Waals surface area contributed by atoms with Gasteiger partial charge in [-0.2, -0.15) is 0 Å². The summed E-state index contributed by atoms with van der Waals surface area (Å²) < 4.78 is 5.24. The molecule has 1 aliphatic carbocycles. The van der Waals surface area contributed by atoms with Crippen LogP contribution in [0.2, 0.25) is 0 Å². The van der Waals surface area contributed by atoms with Gasteiger partial charge in [-0.15, -0.1) is 0 Å². The highest BCUT2D eigenvalue weighted by molar-refractivity contribution is 5.76. The number of rotatable bonds is 4. The molecule has 2 rings (SSSR count). The van der Waals surface area contributed by atoms with Gasteiger partial charge >= 0.3 is 12.0 Å². The molecule has 0 aromatic heterocycles. The summed E-state index contributed by atoms with van der Waals surface area (Å²) in [5, 5.41) is 11.8. The van der Waals surface area contributed by atoms with Crippen molar-refractivity contribution in [1.29, 1.82) is 0 Å². The molecule has 102 valence electrons. The Hall–Kier alpha value is -1.30. The van der Waals surface area contributed by atoms with Gasteiger partial charge in [-0.1, -0.05) is 13.3 Å². The van der Waals surface area contributed by atoms with Gasteiger partial charge in [-0.3, -0.25) is 4.79 Å². The lowest BCUT2D eigenvalue weighted by Gasteiger charge is -2.34. The monoisotopic (exact) mass is 256 g/mol. The van der Waals surface area contributed by atoms with Crippen LogP contribution in [0.15, 0.2) is 0 Å². The van der Waals surface area contributed by atoms with E-state index in [9.17, 15) is 9.59 Å². The van der Waals surface area contributed by atoms with Crippen molar-refractivity contribution in [3.8, 4) is 0 Å². The number of carboxylic acids is 1. The largest absolute Gasteiger partial charge is 0.481 e. The molecule has 0 spiro atoms. The van der Waals surface area contributed by atoms with Gasteiger partial charge in [0.15, 0.2) is 0 Å². The van der Waals surface area contributed by atoms with Crippen molar-refractivity contribution in [1.82, 2.24) is 10.2 Å². The first-order chi connectivity index (χ1) is 8.61. The number of carbonyl (C=O) groups is 2. The van der Waals surface area contributed by atoms with E-state index in [1.807, 2.05) is 0 Å². The third kappa shape index (κ3) is 3.13. The third-order valence-electron chi connectivity index (χ3n) is 3.65. The molecule has 3 unspecified atom stereocenters. The van der Waals surface area contributed by atoms with Crippen LogP contribution >= 0.6 is 0 Å². The molecule has 0 aromatic carbocycles. The predicted molar refractivity (Wildman–Crippen MR) is 64.3 cm³/mol. The van der Waals surface area contributed by atoms with E-state index in [0.29, 0.717) is 25.7 Å². The zero-order valence-electron chi connectivity index (χ0n) is 10.6. The van der Waals surface area contributed by atoms with Crippen LogP contribution in [0.25, 0.3) is 0 Å². The minimum atomic E-state index is -0.902. The van der Waals surface area contributed by atoms with Crippen LogP contribution in [0.5, 0.6) is 0 Å². The van der Waals surface area contributed by atoms with E-state index in [0.717, 1.165) is 12.8 Å². The summed E-state index contributed by atoms with van der Waals surface area (Å²) in [5.41, 5.74) is 0. The Morgan fingerprint density at radius 1 is 1.50 bits per heavy atom. The average Bonchev–Trinajstić information content (AvgIpc) is 3.07. The maximum Gasteiger partial charge on any atom is 0.318 e. The van der Waals surface area contributed by atoms with Crippen molar-refractivity contribution >= 4 is 12.0 Å². The SMILES string of the molecule is CCC1CC1NC(=O)N1CCOCC1CC(=O)O. The van der Waals surface area contributed by atoms with Gasteiger partial charge in [0.05, 0.1) is 25.7 Å². The van der Waals surface area contributed by atoms with E-state index in [4.69, 9.17) is 9.84 Å². The van der Waals surface area contributed by atoms with Crippen molar-refractivity contribution in [2.45, 2.75) is 38.3 Å². The van der Waals surface area contributed by atoms with Crippen molar-refractivity contribution in [3.05, 3.63) is 0 Å². The normalized spacial score (nSPS) is 30.9. The Kier molecular flexibility index (Phi) is 4.06. The fourth-order valence-corrected chi connectivity index (χ4v) is 2.41. The minimum Gasteiger partial charge on any atom is -0.481 e. The molecule has 1 heterocycles. The number of aliphatic carboxylic acids is 1. The molecule has 2 fully saturated rings. The summed E-state index contributed by atoms with van der Waals surface area (Å²) in [6.45, 7) is 3.36. The quantitative estimate of drug-likeness (QED) is 0.775. The number of nitrogens with zero attached hydrogens (tertiary/aromatic N) is 1. The number of nitrogens with one attached hydrogen (secondary N) is 1. The zero-order valence-corrected chi connectivity index (χ0v) is 10.6. The van der Waals surface area contributed by atoms with E-state index in [-0.39, 0.29) is 24.5 Å². The second-order valence-corrected chi connectivity index (χ2v) is 4.98. The van der Waals surface area contributed by atoms with E-state index in [1.54, 1.807) is 4.90 Å². The lowest BCUT2D eigenvalue weighted by atomic mass is 10.1. The number of ether oxygens (including phenoxy) is 1. The van der Waals surface area contributed by atoms with Crippen molar-refractivity contribution in [3.63, 3.8) is 0 Å².